The molecular weight excluding hydrogens is 388 g/mol. The molecule has 0 unspecified atom stereocenters. The maximum atomic E-state index is 13.1. The molecule has 0 saturated carbocycles. The zero-order valence-electron chi connectivity index (χ0n) is 11.5. The lowest BCUT2D eigenvalue weighted by Gasteiger charge is -2.11. The summed E-state index contributed by atoms with van der Waals surface area (Å²) in [6.07, 6.45) is 2.83. The van der Waals surface area contributed by atoms with E-state index in [2.05, 4.69) is 15.0 Å². The lowest BCUT2D eigenvalue weighted by atomic mass is 10.3. The van der Waals surface area contributed by atoms with E-state index in [4.69, 9.17) is 34.8 Å². The number of benzene rings is 1. The Morgan fingerprint density at radius 3 is 2.30 bits per heavy atom. The van der Waals surface area contributed by atoms with Crippen molar-refractivity contribution >= 4 is 50.5 Å². The highest BCUT2D eigenvalue weighted by molar-refractivity contribution is 7.89. The molecule has 1 aromatic heterocycles. The Labute approximate surface area is 147 Å². The Bertz CT molecular complexity index is 798. The number of halogens is 4. The van der Waals surface area contributed by atoms with Crippen molar-refractivity contribution in [1.29, 1.82) is 0 Å². The number of aromatic nitrogens is 1. The molecule has 10 heteroatoms. The van der Waals surface area contributed by atoms with Gasteiger partial charge in [0.15, 0.2) is 0 Å². The predicted molar refractivity (Wildman–Crippen MR) is 89.3 cm³/mol. The molecule has 0 radical (unpaired) electrons. The van der Waals surface area contributed by atoms with E-state index >= 15 is 0 Å². The number of pyridine rings is 1. The van der Waals surface area contributed by atoms with Crippen molar-refractivity contribution in [3.8, 4) is 0 Å². The van der Waals surface area contributed by atoms with Crippen molar-refractivity contribution in [3.63, 3.8) is 0 Å². The minimum absolute atomic E-state index is 0.0618. The van der Waals surface area contributed by atoms with Gasteiger partial charge < -0.3 is 5.32 Å². The van der Waals surface area contributed by atoms with Gasteiger partial charge in [0.25, 0.3) is 0 Å². The van der Waals surface area contributed by atoms with Crippen LogP contribution in [-0.4, -0.2) is 26.5 Å². The van der Waals surface area contributed by atoms with Crippen LogP contribution in [0, 0.1) is 5.82 Å². The van der Waals surface area contributed by atoms with Crippen LogP contribution in [0.1, 0.15) is 0 Å². The first kappa shape index (κ1) is 18.2. The van der Waals surface area contributed by atoms with Gasteiger partial charge in [-0.15, -0.1) is 0 Å². The summed E-state index contributed by atoms with van der Waals surface area (Å²) >= 11 is 17.4. The maximum absolute atomic E-state index is 13.1. The Kier molecular flexibility index (Phi) is 6.05. The molecule has 0 aliphatic heterocycles. The Balaban J connectivity index is 1.96. The maximum Gasteiger partial charge on any atom is 0.240 e. The number of nitrogens with one attached hydrogen (secondary N) is 2. The van der Waals surface area contributed by atoms with Crippen LogP contribution in [0.25, 0.3) is 0 Å². The minimum atomic E-state index is -3.79. The molecule has 0 spiro atoms. The predicted octanol–water partition coefficient (Wildman–Crippen LogP) is 3.57. The third-order valence-corrected chi connectivity index (χ3v) is 5.10. The number of rotatable bonds is 6. The number of anilines is 1. The minimum Gasteiger partial charge on any atom is -0.381 e. The van der Waals surface area contributed by atoms with Gasteiger partial charge >= 0.3 is 0 Å². The number of hydrogen-bond acceptors (Lipinski definition) is 4. The van der Waals surface area contributed by atoms with Gasteiger partial charge in [0, 0.05) is 25.5 Å². The van der Waals surface area contributed by atoms with Crippen molar-refractivity contribution in [1.82, 2.24) is 9.71 Å². The van der Waals surface area contributed by atoms with Gasteiger partial charge in [0.2, 0.25) is 10.0 Å². The Morgan fingerprint density at radius 1 is 1.04 bits per heavy atom. The zero-order valence-corrected chi connectivity index (χ0v) is 14.6. The average molecular weight is 399 g/mol. The summed E-state index contributed by atoms with van der Waals surface area (Å²) in [7, 11) is -3.79. The first-order valence-corrected chi connectivity index (χ1v) is 8.90. The molecule has 0 aliphatic rings. The van der Waals surface area contributed by atoms with E-state index in [0.29, 0.717) is 15.7 Å². The van der Waals surface area contributed by atoms with Crippen LogP contribution in [0.3, 0.4) is 0 Å². The Hall–Kier alpha value is -1.12. The van der Waals surface area contributed by atoms with Crippen LogP contribution >= 0.6 is 34.8 Å². The van der Waals surface area contributed by atoms with Crippen molar-refractivity contribution < 1.29 is 12.8 Å². The molecule has 2 N–H and O–H groups in total. The third-order valence-electron chi connectivity index (χ3n) is 2.77. The van der Waals surface area contributed by atoms with E-state index in [1.807, 2.05) is 0 Å². The normalized spacial score (nSPS) is 11.5. The second kappa shape index (κ2) is 7.63. The van der Waals surface area contributed by atoms with E-state index < -0.39 is 15.8 Å². The monoisotopic (exact) mass is 397 g/mol. The van der Waals surface area contributed by atoms with Crippen LogP contribution in [0.4, 0.5) is 10.1 Å². The molecular formula is C13H11Cl3FN3O2S. The molecule has 0 amide bonds. The van der Waals surface area contributed by atoms with Gasteiger partial charge in [0.05, 0.1) is 25.7 Å². The molecule has 1 heterocycles. The van der Waals surface area contributed by atoms with Crippen LogP contribution in [0.15, 0.2) is 35.5 Å². The van der Waals surface area contributed by atoms with Crippen LogP contribution in [0.2, 0.25) is 15.1 Å². The van der Waals surface area contributed by atoms with Crippen molar-refractivity contribution in [2.75, 3.05) is 18.4 Å². The van der Waals surface area contributed by atoms with Gasteiger partial charge in [-0.25, -0.2) is 17.5 Å². The fraction of sp³-hybridized carbons (Fsp3) is 0.154. The van der Waals surface area contributed by atoms with Gasteiger partial charge in [-0.05, 0) is 18.2 Å². The summed E-state index contributed by atoms with van der Waals surface area (Å²) in [5.74, 6) is -0.686. The molecule has 23 heavy (non-hydrogen) atoms. The SMILES string of the molecule is O=S(=O)(NCCNc1c(Cl)cncc1Cl)c1ccc(F)c(Cl)c1. The summed E-state index contributed by atoms with van der Waals surface area (Å²) in [6, 6.07) is 3.17. The van der Waals surface area contributed by atoms with Gasteiger partial charge in [0.1, 0.15) is 5.82 Å². The molecule has 0 aliphatic carbocycles. The van der Waals surface area contributed by atoms with Crippen LogP contribution in [-0.2, 0) is 10.0 Å². The number of nitrogens with zero attached hydrogens (tertiary/aromatic N) is 1. The zero-order chi connectivity index (χ0) is 17.0. The van der Waals surface area contributed by atoms with E-state index in [0.717, 1.165) is 18.2 Å². The molecule has 0 atom stereocenters. The molecule has 124 valence electrons. The topological polar surface area (TPSA) is 71.1 Å². The van der Waals surface area contributed by atoms with Crippen molar-refractivity contribution in [2.24, 2.45) is 0 Å². The smallest absolute Gasteiger partial charge is 0.240 e. The fourth-order valence-corrected chi connectivity index (χ4v) is 3.48. The first-order chi connectivity index (χ1) is 10.8. The molecule has 1 aromatic carbocycles. The summed E-state index contributed by atoms with van der Waals surface area (Å²) in [4.78, 5) is 3.69. The van der Waals surface area contributed by atoms with Crippen molar-refractivity contribution in [3.05, 3.63) is 51.5 Å². The highest BCUT2D eigenvalue weighted by Crippen LogP contribution is 2.28. The lowest BCUT2D eigenvalue weighted by Crippen LogP contribution is -2.29. The largest absolute Gasteiger partial charge is 0.381 e. The van der Waals surface area contributed by atoms with E-state index in [9.17, 15) is 12.8 Å². The average Bonchev–Trinajstić information content (AvgIpc) is 2.48. The summed E-state index contributed by atoms with van der Waals surface area (Å²) in [6.45, 7) is 0.296. The van der Waals surface area contributed by atoms with Gasteiger partial charge in [-0.2, -0.15) is 0 Å². The quantitative estimate of drug-likeness (QED) is 0.730. The second-order valence-electron chi connectivity index (χ2n) is 4.38. The standard InChI is InChI=1S/C13H11Cl3FN3O2S/c14-9-5-8(1-2-12(9)17)23(21,22)20-4-3-19-13-10(15)6-18-7-11(13)16/h1-2,5-7,20H,3-4H2,(H,18,19). The molecule has 5 nitrogen and oxygen atoms in total. The fourth-order valence-electron chi connectivity index (χ4n) is 1.68. The molecule has 2 rings (SSSR count). The molecule has 2 aromatic rings. The number of hydrogen-bond donors (Lipinski definition) is 2. The molecule has 0 saturated heterocycles. The van der Waals surface area contributed by atoms with Crippen LogP contribution in [0.5, 0.6) is 0 Å². The summed E-state index contributed by atoms with van der Waals surface area (Å²) in [5.41, 5.74) is 0.465. The van der Waals surface area contributed by atoms with Gasteiger partial charge in [-0.1, -0.05) is 34.8 Å². The summed E-state index contributed by atoms with van der Waals surface area (Å²) < 4.78 is 39.5. The van der Waals surface area contributed by atoms with E-state index in [-0.39, 0.29) is 23.0 Å². The first-order valence-electron chi connectivity index (χ1n) is 6.29. The molecule has 0 fully saturated rings. The Morgan fingerprint density at radius 2 is 1.70 bits per heavy atom. The highest BCUT2D eigenvalue weighted by Gasteiger charge is 2.15. The van der Waals surface area contributed by atoms with Gasteiger partial charge in [-0.3, -0.25) is 4.98 Å². The molecule has 0 bridgehead atoms. The summed E-state index contributed by atoms with van der Waals surface area (Å²) in [5, 5.41) is 3.30. The lowest BCUT2D eigenvalue weighted by molar-refractivity contribution is 0.582. The second-order valence-corrected chi connectivity index (χ2v) is 7.37. The number of sulfonamides is 1. The van der Waals surface area contributed by atoms with E-state index in [1.54, 1.807) is 0 Å². The van der Waals surface area contributed by atoms with Crippen LogP contribution < -0.4 is 10.0 Å². The highest BCUT2D eigenvalue weighted by atomic mass is 35.5. The van der Waals surface area contributed by atoms with E-state index in [1.165, 1.54) is 12.4 Å². The van der Waals surface area contributed by atoms with Crippen molar-refractivity contribution in [2.45, 2.75) is 4.90 Å². The third kappa shape index (κ3) is 4.68.